The number of fused-ring (bicyclic) bond motifs is 4. The molecule has 5 heterocycles. The summed E-state index contributed by atoms with van der Waals surface area (Å²) in [5, 5.41) is 32.7. The van der Waals surface area contributed by atoms with Crippen molar-refractivity contribution in [2.24, 2.45) is 33.8 Å². The molecule has 4 aliphatic heterocycles. The SMILES string of the molecule is CC[C@H]1OC(=O)[C@H](C)C(=O)[C@H](C)[C@@H](O[C@@H]2O[C@H](C)C[C@H](N(C)C)[C@H]2O)[C@@]2(C)C[C@@H](C)C3=NC(=O)C(Cc4cc(-c5ccccc5)no4)O/N=C(\CO[C@@H]([C@@H]3C)[C@]1(C)O)CO2. The van der Waals surface area contributed by atoms with Gasteiger partial charge in [0.25, 0.3) is 5.91 Å². The number of rotatable bonds is 7. The molecule has 1 aromatic heterocycles. The summed E-state index contributed by atoms with van der Waals surface area (Å²) in [4.78, 5) is 55.5. The second-order valence-electron chi connectivity index (χ2n) is 17.7. The van der Waals surface area contributed by atoms with Crippen LogP contribution in [0.1, 0.15) is 80.4 Å². The number of aromatic nitrogens is 1. The first kappa shape index (κ1) is 45.6. The number of cyclic esters (lactones) is 1. The number of oxime groups is 1. The number of likely N-dealkylation sites (N-methyl/N-ethyl adjacent to an activating group) is 1. The van der Waals surface area contributed by atoms with Crippen LogP contribution in [0, 0.1) is 23.7 Å². The van der Waals surface area contributed by atoms with Crippen LogP contribution < -0.4 is 0 Å². The zero-order valence-corrected chi connectivity index (χ0v) is 36.4. The van der Waals surface area contributed by atoms with E-state index in [0.717, 1.165) is 5.56 Å². The van der Waals surface area contributed by atoms with E-state index in [4.69, 9.17) is 38.0 Å². The van der Waals surface area contributed by atoms with Gasteiger partial charge >= 0.3 is 5.97 Å². The first-order valence-corrected chi connectivity index (χ1v) is 21.1. The van der Waals surface area contributed by atoms with E-state index in [0.29, 0.717) is 23.6 Å². The molecule has 6 rings (SSSR count). The maximum Gasteiger partial charge on any atom is 0.316 e. The normalized spacial score (nSPS) is 39.5. The molecule has 4 aliphatic rings. The fourth-order valence-electron chi connectivity index (χ4n) is 9.27. The second-order valence-corrected chi connectivity index (χ2v) is 17.7. The van der Waals surface area contributed by atoms with Crippen molar-refractivity contribution in [2.75, 3.05) is 27.3 Å². The Balaban J connectivity index is 1.48. The number of nitrogens with zero attached hydrogens (tertiary/aromatic N) is 4. The van der Waals surface area contributed by atoms with Crippen LogP contribution in [0.25, 0.3) is 11.3 Å². The third-order valence-corrected chi connectivity index (χ3v) is 12.7. The van der Waals surface area contributed by atoms with E-state index in [2.05, 4.69) is 10.3 Å². The Hall–Kier alpha value is -3.90. The summed E-state index contributed by atoms with van der Waals surface area (Å²) in [7, 11) is 3.73. The van der Waals surface area contributed by atoms with Crippen LogP contribution in [-0.4, -0.2) is 137 Å². The predicted molar refractivity (Wildman–Crippen MR) is 219 cm³/mol. The van der Waals surface area contributed by atoms with Crippen LogP contribution >= 0.6 is 0 Å². The van der Waals surface area contributed by atoms with Crippen molar-refractivity contribution in [1.29, 1.82) is 0 Å². The third-order valence-electron chi connectivity index (χ3n) is 12.7. The number of benzene rings is 1. The van der Waals surface area contributed by atoms with Gasteiger partial charge in [0.15, 0.2) is 12.1 Å². The fraction of sp³-hybridized carbons (Fsp3) is 0.682. The van der Waals surface area contributed by atoms with Gasteiger partial charge < -0.3 is 48.2 Å². The van der Waals surface area contributed by atoms with Gasteiger partial charge in [-0.2, -0.15) is 0 Å². The summed E-state index contributed by atoms with van der Waals surface area (Å²) in [5.74, 6) is -5.22. The molecule has 1 aromatic carbocycles. The highest BCUT2D eigenvalue weighted by Gasteiger charge is 2.53. The average Bonchev–Trinajstić information content (AvgIpc) is 3.67. The standard InChI is InChI=1S/C44H62N4O12/c1-11-34-44(8,53)39-25(4)35-23(2)20-43(7,38(26(5)36(49)27(6)41(52)57-34)58-42-37(50)32(48(9)10)17-24(3)56-42)55-22-29(21-54-39)46-60-33(40(51)45-35)19-30-18-31(47-59-30)28-15-13-12-14-16-28/h12-16,18,23-27,32-34,37-39,42,50,53H,11,17,19-22H2,1-10H3/b45-35?,46-29+/t23-,24-,25-,26+,27-,32+,33?,34-,37-,38-,39+,42+,43-,44-/m1/s1. The summed E-state index contributed by atoms with van der Waals surface area (Å²) in [6.07, 6.45) is -6.38. The van der Waals surface area contributed by atoms with E-state index in [9.17, 15) is 24.6 Å². The van der Waals surface area contributed by atoms with Crippen LogP contribution in [0.5, 0.6) is 0 Å². The van der Waals surface area contributed by atoms with Crippen LogP contribution in [0.15, 0.2) is 51.1 Å². The number of carbonyl (C=O) groups is 3. The van der Waals surface area contributed by atoms with Crippen molar-refractivity contribution in [3.63, 3.8) is 0 Å². The molecule has 0 spiro atoms. The number of Topliss-reactive ketones (excluding diaryl/α,β-unsaturated/α-hetero) is 1. The highest BCUT2D eigenvalue weighted by Crippen LogP contribution is 2.40. The minimum Gasteiger partial charge on any atom is -0.459 e. The average molecular weight is 839 g/mol. The Morgan fingerprint density at radius 3 is 2.40 bits per heavy atom. The van der Waals surface area contributed by atoms with Gasteiger partial charge in [-0.05, 0) is 67.0 Å². The number of ether oxygens (including phenoxy) is 5. The van der Waals surface area contributed by atoms with E-state index >= 15 is 0 Å². The van der Waals surface area contributed by atoms with Crippen LogP contribution in [-0.2, 0) is 49.3 Å². The van der Waals surface area contributed by atoms with Gasteiger partial charge in [0, 0.05) is 35.2 Å². The molecule has 16 nitrogen and oxygen atoms in total. The molecular weight excluding hydrogens is 776 g/mol. The first-order chi connectivity index (χ1) is 28.3. The quantitative estimate of drug-likeness (QED) is 0.297. The number of hydrogen-bond acceptors (Lipinski definition) is 15. The van der Waals surface area contributed by atoms with Crippen LogP contribution in [0.2, 0.25) is 0 Å². The van der Waals surface area contributed by atoms with Gasteiger partial charge in [-0.1, -0.05) is 68.3 Å². The van der Waals surface area contributed by atoms with Crippen molar-refractivity contribution >= 4 is 29.1 Å². The molecule has 1 unspecified atom stereocenters. The lowest BCUT2D eigenvalue weighted by Crippen LogP contribution is -2.60. The summed E-state index contributed by atoms with van der Waals surface area (Å²) in [5.41, 5.74) is -1.25. The van der Waals surface area contributed by atoms with Gasteiger partial charge in [-0.25, -0.2) is 4.99 Å². The largest absolute Gasteiger partial charge is 0.459 e. The number of carbonyl (C=O) groups excluding carboxylic acids is 3. The topological polar surface area (TPSA) is 201 Å². The Labute approximate surface area is 351 Å². The van der Waals surface area contributed by atoms with Crippen molar-refractivity contribution in [1.82, 2.24) is 10.1 Å². The first-order valence-electron chi connectivity index (χ1n) is 21.1. The van der Waals surface area contributed by atoms with E-state index in [1.807, 2.05) is 70.1 Å². The minimum atomic E-state index is -1.85. The lowest BCUT2D eigenvalue weighted by Gasteiger charge is -2.47. The Morgan fingerprint density at radius 1 is 1.00 bits per heavy atom. The maximum atomic E-state index is 14.5. The molecule has 4 bridgehead atoms. The summed E-state index contributed by atoms with van der Waals surface area (Å²) < 4.78 is 38.1. The lowest BCUT2D eigenvalue weighted by molar-refractivity contribution is -0.296. The van der Waals surface area contributed by atoms with Crippen molar-refractivity contribution in [2.45, 2.75) is 141 Å². The summed E-state index contributed by atoms with van der Waals surface area (Å²) in [6, 6.07) is 10.9. The monoisotopic (exact) mass is 838 g/mol. The minimum absolute atomic E-state index is 0.0484. The highest BCUT2D eigenvalue weighted by atomic mass is 16.7. The molecule has 1 amide bonds. The van der Waals surface area contributed by atoms with E-state index in [-0.39, 0.29) is 50.3 Å². The summed E-state index contributed by atoms with van der Waals surface area (Å²) in [6.45, 7) is 13.3. The predicted octanol–water partition coefficient (Wildman–Crippen LogP) is 4.18. The van der Waals surface area contributed by atoms with Gasteiger partial charge in [-0.15, -0.1) is 0 Å². The van der Waals surface area contributed by atoms with Crippen molar-refractivity contribution < 1.29 is 57.6 Å². The van der Waals surface area contributed by atoms with E-state index < -0.39 is 89.3 Å². The van der Waals surface area contributed by atoms with Gasteiger partial charge in [-0.3, -0.25) is 14.4 Å². The molecule has 3 fully saturated rings. The molecule has 16 heteroatoms. The number of aliphatic hydroxyl groups is 2. The fourth-order valence-corrected chi connectivity index (χ4v) is 9.27. The number of esters is 1. The molecule has 3 saturated heterocycles. The molecule has 330 valence electrons. The molecule has 0 radical (unpaired) electrons. The zero-order valence-electron chi connectivity index (χ0n) is 36.4. The number of aliphatic hydroxyl groups excluding tert-OH is 1. The van der Waals surface area contributed by atoms with Crippen LogP contribution in [0.3, 0.4) is 0 Å². The molecule has 0 saturated carbocycles. The number of ketones is 1. The van der Waals surface area contributed by atoms with E-state index in [1.165, 1.54) is 13.8 Å². The number of hydrogen-bond donors (Lipinski definition) is 2. The maximum absolute atomic E-state index is 14.5. The van der Waals surface area contributed by atoms with Crippen molar-refractivity contribution in [3.05, 3.63) is 42.2 Å². The smallest absolute Gasteiger partial charge is 0.316 e. The van der Waals surface area contributed by atoms with Crippen LogP contribution in [0.4, 0.5) is 0 Å². The molecule has 2 aromatic rings. The molecular formula is C44H62N4O12. The Kier molecular flexibility index (Phi) is 14.1. The second kappa shape index (κ2) is 18.6. The van der Waals surface area contributed by atoms with Gasteiger partial charge in [0.1, 0.15) is 40.9 Å². The highest BCUT2D eigenvalue weighted by molar-refractivity contribution is 6.01. The summed E-state index contributed by atoms with van der Waals surface area (Å²) >= 11 is 0. The zero-order chi connectivity index (χ0) is 43.7. The van der Waals surface area contributed by atoms with Crippen molar-refractivity contribution in [3.8, 4) is 11.3 Å². The van der Waals surface area contributed by atoms with Gasteiger partial charge in [0.2, 0.25) is 6.10 Å². The lowest BCUT2D eigenvalue weighted by atomic mass is 9.73. The molecule has 2 N–H and O–H groups in total. The van der Waals surface area contributed by atoms with E-state index in [1.54, 1.807) is 26.8 Å². The number of amides is 1. The Morgan fingerprint density at radius 2 is 1.72 bits per heavy atom. The number of aliphatic imine (C=N–C) groups is 1. The molecule has 14 atom stereocenters. The third kappa shape index (κ3) is 9.59. The molecule has 60 heavy (non-hydrogen) atoms. The Bertz CT molecular complexity index is 1900. The molecule has 0 aliphatic carbocycles. The van der Waals surface area contributed by atoms with Gasteiger partial charge in [0.05, 0.1) is 43.5 Å².